The molecule has 4 heteroatoms. The largest absolute Gasteiger partial charge is 0.383 e. The number of nitrogens with zero attached hydrogens (tertiary/aromatic N) is 2. The number of nitrogens with one attached hydrogen (secondary N) is 1. The van der Waals surface area contributed by atoms with E-state index < -0.39 is 5.54 Å². The van der Waals surface area contributed by atoms with Gasteiger partial charge in [0.05, 0.1) is 12.7 Å². The molecule has 0 spiro atoms. The molecular formula is C15H29N3O. The Kier molecular flexibility index (Phi) is 6.25. The van der Waals surface area contributed by atoms with Crippen LogP contribution in [0, 0.1) is 17.2 Å². The summed E-state index contributed by atoms with van der Waals surface area (Å²) in [6.45, 7) is 11.0. The molecule has 0 saturated heterocycles. The molecule has 0 amide bonds. The summed E-state index contributed by atoms with van der Waals surface area (Å²) in [5.41, 5.74) is -0.397. The van der Waals surface area contributed by atoms with Gasteiger partial charge in [-0.15, -0.1) is 0 Å². The predicted molar refractivity (Wildman–Crippen MR) is 77.9 cm³/mol. The number of methoxy groups -OCH3 is 1. The second kappa shape index (κ2) is 7.23. The topological polar surface area (TPSA) is 48.3 Å². The van der Waals surface area contributed by atoms with E-state index >= 15 is 0 Å². The van der Waals surface area contributed by atoms with Crippen LogP contribution in [0.3, 0.4) is 0 Å². The highest BCUT2D eigenvalue weighted by atomic mass is 16.5. The molecule has 4 nitrogen and oxygen atoms in total. The first-order valence-electron chi connectivity index (χ1n) is 7.41. The van der Waals surface area contributed by atoms with Crippen LogP contribution in [0.5, 0.6) is 0 Å². The van der Waals surface area contributed by atoms with Crippen LogP contribution in [-0.4, -0.2) is 49.3 Å². The lowest BCUT2D eigenvalue weighted by Gasteiger charge is -2.38. The smallest absolute Gasteiger partial charge is 0.122 e. The Morgan fingerprint density at radius 1 is 1.42 bits per heavy atom. The van der Waals surface area contributed by atoms with Crippen LogP contribution in [0.15, 0.2) is 0 Å². The SMILES string of the molecule is CCN(CC(C#N)(NC(C)C)C1CC1)C(C)COC. The van der Waals surface area contributed by atoms with Crippen LogP contribution in [0.1, 0.15) is 40.5 Å². The van der Waals surface area contributed by atoms with Crippen molar-refractivity contribution in [3.63, 3.8) is 0 Å². The summed E-state index contributed by atoms with van der Waals surface area (Å²) < 4.78 is 5.25. The maximum absolute atomic E-state index is 9.72. The summed E-state index contributed by atoms with van der Waals surface area (Å²) in [6, 6.07) is 3.25. The van der Waals surface area contributed by atoms with Crippen molar-refractivity contribution >= 4 is 0 Å². The zero-order valence-corrected chi connectivity index (χ0v) is 13.1. The summed E-state index contributed by atoms with van der Waals surface area (Å²) in [7, 11) is 1.73. The number of rotatable bonds is 9. The van der Waals surface area contributed by atoms with Crippen LogP contribution in [0.2, 0.25) is 0 Å². The average molecular weight is 267 g/mol. The van der Waals surface area contributed by atoms with E-state index in [1.54, 1.807) is 7.11 Å². The van der Waals surface area contributed by atoms with Gasteiger partial charge < -0.3 is 4.74 Å². The van der Waals surface area contributed by atoms with Gasteiger partial charge in [0.1, 0.15) is 5.54 Å². The van der Waals surface area contributed by atoms with Crippen molar-refractivity contribution < 1.29 is 4.74 Å². The molecule has 1 aliphatic rings. The number of nitriles is 1. The van der Waals surface area contributed by atoms with E-state index in [9.17, 15) is 5.26 Å². The fourth-order valence-corrected chi connectivity index (χ4v) is 2.79. The van der Waals surface area contributed by atoms with Gasteiger partial charge >= 0.3 is 0 Å². The average Bonchev–Trinajstić information content (AvgIpc) is 3.18. The first kappa shape index (κ1) is 16.4. The number of hydrogen-bond acceptors (Lipinski definition) is 4. The molecule has 0 aromatic heterocycles. The molecule has 0 aliphatic heterocycles. The van der Waals surface area contributed by atoms with Gasteiger partial charge in [-0.25, -0.2) is 0 Å². The van der Waals surface area contributed by atoms with Gasteiger partial charge in [0.2, 0.25) is 0 Å². The number of likely N-dealkylation sites (N-methyl/N-ethyl adjacent to an activating group) is 1. The van der Waals surface area contributed by atoms with Crippen molar-refractivity contribution in [3.05, 3.63) is 0 Å². The van der Waals surface area contributed by atoms with Gasteiger partial charge in [-0.05, 0) is 46.1 Å². The van der Waals surface area contributed by atoms with Crippen LogP contribution in [0.25, 0.3) is 0 Å². The number of hydrogen-bond donors (Lipinski definition) is 1. The summed E-state index contributed by atoms with van der Waals surface area (Å²) in [5.74, 6) is 0.503. The molecule has 2 atom stereocenters. The van der Waals surface area contributed by atoms with E-state index in [0.717, 1.165) is 13.1 Å². The Balaban J connectivity index is 2.77. The highest BCUT2D eigenvalue weighted by Crippen LogP contribution is 2.40. The molecule has 110 valence electrons. The molecule has 0 bridgehead atoms. The summed E-state index contributed by atoms with van der Waals surface area (Å²) >= 11 is 0. The Labute approximate surface area is 118 Å². The standard InChI is InChI=1S/C15H29N3O/c1-6-18(13(4)9-19-5)11-15(10-16,14-7-8-14)17-12(2)3/h12-14,17H,6-9,11H2,1-5H3. The third-order valence-electron chi connectivity index (χ3n) is 3.91. The molecule has 0 radical (unpaired) electrons. The minimum Gasteiger partial charge on any atom is -0.383 e. The Morgan fingerprint density at radius 2 is 2.05 bits per heavy atom. The molecule has 1 rings (SSSR count). The molecular weight excluding hydrogens is 238 g/mol. The van der Waals surface area contributed by atoms with Crippen molar-refractivity contribution in [2.75, 3.05) is 26.8 Å². The zero-order valence-electron chi connectivity index (χ0n) is 13.1. The molecule has 0 aromatic rings. The highest BCUT2D eigenvalue weighted by Gasteiger charge is 2.47. The van der Waals surface area contributed by atoms with Crippen LogP contribution < -0.4 is 5.32 Å². The Hall–Kier alpha value is -0.630. The van der Waals surface area contributed by atoms with E-state index in [1.165, 1.54) is 12.8 Å². The van der Waals surface area contributed by atoms with Gasteiger partial charge in [-0.1, -0.05) is 6.92 Å². The van der Waals surface area contributed by atoms with Gasteiger partial charge in [0, 0.05) is 25.7 Å². The maximum Gasteiger partial charge on any atom is 0.122 e. The molecule has 0 heterocycles. The third-order valence-corrected chi connectivity index (χ3v) is 3.91. The minimum absolute atomic E-state index is 0.330. The van der Waals surface area contributed by atoms with Crippen molar-refractivity contribution in [1.82, 2.24) is 10.2 Å². The molecule has 1 aliphatic carbocycles. The van der Waals surface area contributed by atoms with Crippen molar-refractivity contribution in [2.45, 2.75) is 58.2 Å². The highest BCUT2D eigenvalue weighted by molar-refractivity contribution is 5.17. The number of ether oxygens (including phenoxy) is 1. The van der Waals surface area contributed by atoms with E-state index in [0.29, 0.717) is 24.6 Å². The summed E-state index contributed by atoms with van der Waals surface area (Å²) in [4.78, 5) is 2.35. The van der Waals surface area contributed by atoms with Gasteiger partial charge in [0.15, 0.2) is 0 Å². The molecule has 0 aromatic carbocycles. The van der Waals surface area contributed by atoms with E-state index in [4.69, 9.17) is 4.74 Å². The second-order valence-corrected chi connectivity index (χ2v) is 6.02. The minimum atomic E-state index is -0.397. The fourth-order valence-electron chi connectivity index (χ4n) is 2.79. The summed E-state index contributed by atoms with van der Waals surface area (Å²) in [6.07, 6.45) is 2.34. The van der Waals surface area contributed by atoms with Crippen LogP contribution in [-0.2, 0) is 4.74 Å². The van der Waals surface area contributed by atoms with Crippen LogP contribution in [0.4, 0.5) is 0 Å². The fraction of sp³-hybridized carbons (Fsp3) is 0.933. The van der Waals surface area contributed by atoms with Gasteiger partial charge in [-0.3, -0.25) is 10.2 Å². The lowest BCUT2D eigenvalue weighted by atomic mass is 9.92. The molecule has 19 heavy (non-hydrogen) atoms. The summed E-state index contributed by atoms with van der Waals surface area (Å²) in [5, 5.41) is 13.2. The lowest BCUT2D eigenvalue weighted by molar-refractivity contribution is 0.0824. The Bertz CT molecular complexity index is 309. The van der Waals surface area contributed by atoms with Gasteiger partial charge in [0.25, 0.3) is 0 Å². The Morgan fingerprint density at radius 3 is 2.42 bits per heavy atom. The van der Waals surface area contributed by atoms with Crippen molar-refractivity contribution in [2.24, 2.45) is 5.92 Å². The third kappa shape index (κ3) is 4.45. The molecule has 1 fully saturated rings. The normalized spacial score (nSPS) is 20.3. The molecule has 1 N–H and O–H groups in total. The second-order valence-electron chi connectivity index (χ2n) is 6.02. The van der Waals surface area contributed by atoms with Crippen molar-refractivity contribution in [1.29, 1.82) is 5.26 Å². The van der Waals surface area contributed by atoms with E-state index in [-0.39, 0.29) is 0 Å². The molecule has 2 unspecified atom stereocenters. The monoisotopic (exact) mass is 267 g/mol. The predicted octanol–water partition coefficient (Wildman–Crippen LogP) is 2.01. The van der Waals surface area contributed by atoms with E-state index in [2.05, 4.69) is 44.0 Å². The molecule has 1 saturated carbocycles. The van der Waals surface area contributed by atoms with E-state index in [1.807, 2.05) is 0 Å². The van der Waals surface area contributed by atoms with Gasteiger partial charge in [-0.2, -0.15) is 5.26 Å². The quantitative estimate of drug-likeness (QED) is 0.694. The maximum atomic E-state index is 9.72. The van der Waals surface area contributed by atoms with Crippen molar-refractivity contribution in [3.8, 4) is 6.07 Å². The first-order valence-corrected chi connectivity index (χ1v) is 7.41. The first-order chi connectivity index (χ1) is 8.99. The lowest BCUT2D eigenvalue weighted by Crippen LogP contribution is -2.58. The zero-order chi connectivity index (χ0) is 14.5. The van der Waals surface area contributed by atoms with Crippen LogP contribution >= 0.6 is 0 Å².